The molecule has 0 bridgehead atoms. The van der Waals surface area contributed by atoms with E-state index in [1.54, 1.807) is 13.0 Å². The lowest BCUT2D eigenvalue weighted by molar-refractivity contribution is -0.187. The first-order valence-corrected chi connectivity index (χ1v) is 52.0. The molecule has 12 nitrogen and oxygen atoms in total. The zero-order chi connectivity index (χ0) is 90.6. The fourth-order valence-electron chi connectivity index (χ4n) is 11.6. The number of aromatic nitrogens is 6. The van der Waals surface area contributed by atoms with Crippen molar-refractivity contribution in [2.75, 3.05) is 74.2 Å². The lowest BCUT2D eigenvalue weighted by Crippen LogP contribution is -2.27. The average molecular weight is 1790 g/mol. The van der Waals surface area contributed by atoms with E-state index in [2.05, 4.69) is 262 Å². The molecule has 4 unspecified atom stereocenters. The van der Waals surface area contributed by atoms with Crippen LogP contribution in [0.25, 0.3) is 0 Å². The molecule has 0 radical (unpaired) electrons. The summed E-state index contributed by atoms with van der Waals surface area (Å²) in [5.41, 5.74) is 11.1. The van der Waals surface area contributed by atoms with Gasteiger partial charge in [0, 0.05) is 93.3 Å². The smallest absolute Gasteiger partial charge is 0.154 e. The monoisotopic (exact) mass is 1790 g/mol. The van der Waals surface area contributed by atoms with Gasteiger partial charge in [-0.1, -0.05) is 168 Å². The van der Waals surface area contributed by atoms with Crippen LogP contribution in [0, 0.1) is 148 Å². The van der Waals surface area contributed by atoms with Crippen LogP contribution in [-0.4, -0.2) is 149 Å². The second-order valence-corrected chi connectivity index (χ2v) is 45.0. The lowest BCUT2D eigenvalue weighted by atomic mass is 9.84. The molecular weight excluding hydrogens is 1620 g/mol. The summed E-state index contributed by atoms with van der Waals surface area (Å²) in [5, 5.41) is 1.87. The van der Waals surface area contributed by atoms with Crippen LogP contribution in [0.4, 0.5) is 4.39 Å². The van der Waals surface area contributed by atoms with Crippen LogP contribution >= 0.6 is 70.6 Å². The van der Waals surface area contributed by atoms with Crippen LogP contribution in [0.15, 0.2) is 104 Å². The van der Waals surface area contributed by atoms with Crippen molar-refractivity contribution in [1.29, 1.82) is 0 Å². The van der Waals surface area contributed by atoms with Crippen molar-refractivity contribution in [3.05, 3.63) is 177 Å². The van der Waals surface area contributed by atoms with E-state index >= 15 is 0 Å². The van der Waals surface area contributed by atoms with E-state index in [0.717, 1.165) is 146 Å². The number of ether oxygens (including phenoxy) is 6. The van der Waals surface area contributed by atoms with E-state index in [-0.39, 0.29) is 18.4 Å². The molecule has 15 rings (SSSR count). The summed E-state index contributed by atoms with van der Waals surface area (Å²) in [6.07, 6.45) is 28.9. The van der Waals surface area contributed by atoms with Crippen LogP contribution < -0.4 is 0 Å². The molecule has 19 heteroatoms. The van der Waals surface area contributed by atoms with Crippen LogP contribution in [-0.2, 0) is 28.4 Å². The zero-order valence-electron chi connectivity index (χ0n) is 81.6. The summed E-state index contributed by atoms with van der Waals surface area (Å²) < 4.78 is 45.7. The minimum absolute atomic E-state index is 0.0196. The molecule has 0 N–H and O–H groups in total. The van der Waals surface area contributed by atoms with Crippen molar-refractivity contribution in [3.8, 4) is 0 Å². The zero-order valence-corrected chi connectivity index (χ0v) is 86.5. The van der Waals surface area contributed by atoms with Crippen molar-refractivity contribution >= 4 is 70.6 Å². The number of benzene rings is 2. The molecule has 6 aromatic rings. The maximum Gasteiger partial charge on any atom is 0.154 e. The molecule has 4 aromatic heterocycles. The molecule has 1 saturated carbocycles. The highest BCUT2D eigenvalue weighted by molar-refractivity contribution is 8.17. The Morgan fingerprint density at radius 2 is 0.529 bits per heavy atom. The van der Waals surface area contributed by atoms with Gasteiger partial charge in [0.05, 0.1) is 38.6 Å². The molecule has 8 saturated heterocycles. The van der Waals surface area contributed by atoms with Crippen LogP contribution in [0.5, 0.6) is 0 Å². The number of pyridine rings is 2. The normalized spacial score (nSPS) is 27.4. The quantitative estimate of drug-likeness (QED) is 0.143. The number of rotatable bonds is 0. The van der Waals surface area contributed by atoms with Crippen LogP contribution in [0.1, 0.15) is 269 Å². The Kier molecular flexibility index (Phi) is 67.5. The summed E-state index contributed by atoms with van der Waals surface area (Å²) in [4.78, 5) is 24.0. The van der Waals surface area contributed by atoms with Crippen molar-refractivity contribution in [1.82, 2.24) is 29.9 Å². The maximum absolute atomic E-state index is 12.6. The summed E-state index contributed by atoms with van der Waals surface area (Å²) in [6.45, 7) is 69.1. The Bertz CT molecular complexity index is 2610. The van der Waals surface area contributed by atoms with Crippen molar-refractivity contribution in [2.45, 2.75) is 329 Å². The van der Waals surface area contributed by atoms with E-state index in [4.69, 9.17) is 28.4 Å². The van der Waals surface area contributed by atoms with Gasteiger partial charge in [-0.3, -0.25) is 9.97 Å². The number of hydrogen-bond donors (Lipinski definition) is 0. The standard InChI is InChI=1S/C8H9F.C8H16.C8H10.2C7H9N.2C7H14O.2C7H14S.2C6H8N2.2C6H12O2.2C6H12S2/c1-6-3-4-7(2)8(9)5-6;2*1-7-3-5-8(2)6-4-7;6*1-6-3-4-7(2)8-5-6;6*1-5-3-7-6(2)8-4-5/h3-5H,1-2H3;7-8H,3-6H2,1-2H3;3-6H,1-2H3;2*3-5H,1-2H3;4*6-7H,3-5H2,1-2H3;2*3-4H,1-2H3;4*5-6H,3-4H2,1-2H3/t;;;;;6?,7-;6-,7?;6?,7-;6-,7?;;;;;;/m.....0000....../s1. The Hall–Kier alpha value is -3.31. The Morgan fingerprint density at radius 3 is 0.744 bits per heavy atom. The fraction of sp³-hybridized carbons (Fsp3) is 0.706. The van der Waals surface area contributed by atoms with Gasteiger partial charge in [-0.2, -0.15) is 23.5 Å². The molecule has 0 amide bonds. The third-order valence-corrected chi connectivity index (χ3v) is 30.3. The third-order valence-electron chi connectivity index (χ3n) is 20.6. The predicted molar refractivity (Wildman–Crippen MR) is 535 cm³/mol. The second kappa shape index (κ2) is 70.6. The van der Waals surface area contributed by atoms with E-state index < -0.39 is 0 Å². The van der Waals surface area contributed by atoms with Gasteiger partial charge in [0.25, 0.3) is 0 Å². The molecule has 8 aliphatic heterocycles. The Morgan fingerprint density at radius 1 is 0.256 bits per heavy atom. The van der Waals surface area contributed by atoms with Gasteiger partial charge in [-0.05, 0) is 309 Å². The molecule has 8 atom stereocenters. The molecule has 12 heterocycles. The van der Waals surface area contributed by atoms with Gasteiger partial charge in [0.1, 0.15) is 17.5 Å². The first kappa shape index (κ1) is 116. The Balaban J connectivity index is 0.000000648. The highest BCUT2D eigenvalue weighted by Gasteiger charge is 2.20. The highest BCUT2D eigenvalue weighted by atomic mass is 32.2. The molecule has 1 aliphatic carbocycles. The van der Waals surface area contributed by atoms with E-state index in [1.165, 1.54) is 140 Å². The molecular formula is C102H173FN6O6S6. The molecule has 9 aliphatic rings. The molecule has 9 fully saturated rings. The van der Waals surface area contributed by atoms with Gasteiger partial charge in [-0.25, -0.2) is 24.3 Å². The van der Waals surface area contributed by atoms with Gasteiger partial charge in [-0.15, -0.1) is 47.0 Å². The molecule has 121 heavy (non-hydrogen) atoms. The Labute approximate surface area is 767 Å². The summed E-state index contributed by atoms with van der Waals surface area (Å²) in [7, 11) is 0. The summed E-state index contributed by atoms with van der Waals surface area (Å²) in [5.74, 6) is 18.4. The number of aryl methyl sites for hydroxylation is 12. The fourth-order valence-corrected chi connectivity index (χ4v) is 18.7. The molecule has 0 spiro atoms. The highest BCUT2D eigenvalue weighted by Crippen LogP contribution is 2.34. The van der Waals surface area contributed by atoms with Gasteiger partial charge in [0.2, 0.25) is 0 Å². The predicted octanol–water partition coefficient (Wildman–Crippen LogP) is 28.8. The van der Waals surface area contributed by atoms with Gasteiger partial charge >= 0.3 is 0 Å². The number of nitrogens with zero attached hydrogens (tertiary/aromatic N) is 6. The minimum atomic E-state index is -0.116. The SMILES string of the molecule is CC1CCC(C)CC1.CC1CC[C@H](C)CO1.CC1CC[C@H](C)CS1.CC1CC[C@H](C)OC1.CC1CC[C@H](C)SC1.CC1COC(C)OC1.CC1COC(C)OC1.CC1CSC(C)SC1.CC1CSC(C)SC1.Cc1ccc(C)c(F)c1.Cc1ccc(C)cc1.Cc1ccc(C)nc1.Cc1ccc(C)nc1.Cc1cnc(C)nc1.Cc1cnc(C)nc1. The van der Waals surface area contributed by atoms with E-state index in [1.807, 2.05) is 132 Å². The topological polar surface area (TPSA) is 133 Å². The summed E-state index contributed by atoms with van der Waals surface area (Å²) >= 11 is 12.6. The van der Waals surface area contributed by atoms with Gasteiger partial charge < -0.3 is 28.4 Å². The average Bonchev–Trinajstić information content (AvgIpc) is 0.901. The first-order valence-electron chi connectivity index (χ1n) is 45.7. The second-order valence-electron chi connectivity index (χ2n) is 36.0. The largest absolute Gasteiger partial charge is 0.378 e. The number of thioether (sulfide) groups is 6. The number of hydrogen-bond acceptors (Lipinski definition) is 18. The summed E-state index contributed by atoms with van der Waals surface area (Å²) in [6, 6.07) is 21.8. The van der Waals surface area contributed by atoms with E-state index in [9.17, 15) is 4.39 Å². The van der Waals surface area contributed by atoms with Crippen molar-refractivity contribution in [3.63, 3.8) is 0 Å². The third kappa shape index (κ3) is 68.5. The number of halogens is 1. The minimum Gasteiger partial charge on any atom is -0.378 e. The molecule has 690 valence electrons. The van der Waals surface area contributed by atoms with Crippen LogP contribution in [0.3, 0.4) is 0 Å². The lowest BCUT2D eigenvalue weighted by Gasteiger charge is -2.24. The molecule has 2 aromatic carbocycles. The van der Waals surface area contributed by atoms with Gasteiger partial charge in [0.15, 0.2) is 12.6 Å². The first-order chi connectivity index (χ1) is 57.2. The van der Waals surface area contributed by atoms with E-state index in [0.29, 0.717) is 29.6 Å². The van der Waals surface area contributed by atoms with Crippen LogP contribution in [0.2, 0.25) is 0 Å². The van der Waals surface area contributed by atoms with Crippen molar-refractivity contribution < 1.29 is 32.8 Å². The maximum atomic E-state index is 12.6. The van der Waals surface area contributed by atoms with Crippen molar-refractivity contribution in [2.24, 2.45) is 59.2 Å².